The smallest absolute Gasteiger partial charge is 0.255 e. The van der Waals surface area contributed by atoms with E-state index in [0.29, 0.717) is 0 Å². The third-order valence-corrected chi connectivity index (χ3v) is 4.88. The van der Waals surface area contributed by atoms with Gasteiger partial charge in [-0.15, -0.1) is 0 Å². The van der Waals surface area contributed by atoms with Gasteiger partial charge in [0.2, 0.25) is 0 Å². The Morgan fingerprint density at radius 1 is 1.26 bits per heavy atom. The van der Waals surface area contributed by atoms with Crippen LogP contribution in [-0.2, 0) is 17.9 Å². The summed E-state index contributed by atoms with van der Waals surface area (Å²) in [5, 5.41) is 0.752. The molecule has 2 heterocycles. The molecule has 0 saturated heterocycles. The number of benzene rings is 1. The van der Waals surface area contributed by atoms with Crippen LogP contribution < -0.4 is 5.56 Å². The van der Waals surface area contributed by atoms with Gasteiger partial charge in [-0.25, -0.2) is 4.98 Å². The van der Waals surface area contributed by atoms with E-state index in [4.69, 9.17) is 0 Å². The average Bonchev–Trinajstić information content (AvgIpc) is 2.89. The first-order chi connectivity index (χ1) is 9.33. The summed E-state index contributed by atoms with van der Waals surface area (Å²) >= 11 is 3.37. The molecule has 1 N–H and O–H groups in total. The highest BCUT2D eigenvalue weighted by atomic mass is 32.2. The third-order valence-electron chi connectivity index (χ3n) is 3.04. The van der Waals surface area contributed by atoms with Crippen LogP contribution in [0.25, 0.3) is 0 Å². The van der Waals surface area contributed by atoms with E-state index in [1.54, 1.807) is 23.5 Å². The van der Waals surface area contributed by atoms with Crippen molar-refractivity contribution in [1.29, 1.82) is 0 Å². The Morgan fingerprint density at radius 2 is 2.11 bits per heavy atom. The summed E-state index contributed by atoms with van der Waals surface area (Å²) in [6.07, 6.45) is 0.987. The van der Waals surface area contributed by atoms with Gasteiger partial charge in [0.15, 0.2) is 5.16 Å². The van der Waals surface area contributed by atoms with Crippen molar-refractivity contribution < 1.29 is 0 Å². The fourth-order valence-electron chi connectivity index (χ4n) is 2.02. The SMILES string of the molecule is O=c1[nH]c(SCCc2ccccc2)nc2c1CSC2. The molecule has 0 saturated carbocycles. The second kappa shape index (κ2) is 5.84. The van der Waals surface area contributed by atoms with E-state index in [1.165, 1.54) is 5.56 Å². The zero-order chi connectivity index (χ0) is 13.1. The number of hydrogen-bond donors (Lipinski definition) is 1. The Labute approximate surface area is 120 Å². The molecule has 5 heteroatoms. The molecule has 0 atom stereocenters. The molecule has 19 heavy (non-hydrogen) atoms. The van der Waals surface area contributed by atoms with Crippen LogP contribution in [0.2, 0.25) is 0 Å². The lowest BCUT2D eigenvalue weighted by Gasteiger charge is -2.03. The summed E-state index contributed by atoms with van der Waals surface area (Å²) in [5.41, 5.74) is 3.18. The number of aromatic nitrogens is 2. The van der Waals surface area contributed by atoms with Crippen LogP contribution in [0.4, 0.5) is 0 Å². The summed E-state index contributed by atoms with van der Waals surface area (Å²) in [5.74, 6) is 2.59. The number of H-pyrrole nitrogens is 1. The van der Waals surface area contributed by atoms with Gasteiger partial charge in [-0.1, -0.05) is 42.1 Å². The molecular formula is C14H14N2OS2. The van der Waals surface area contributed by atoms with Gasteiger partial charge < -0.3 is 4.98 Å². The third kappa shape index (κ3) is 3.04. The van der Waals surface area contributed by atoms with E-state index >= 15 is 0 Å². The molecule has 0 unspecified atom stereocenters. The summed E-state index contributed by atoms with van der Waals surface area (Å²) in [7, 11) is 0. The number of aromatic amines is 1. The highest BCUT2D eigenvalue weighted by Crippen LogP contribution is 2.26. The second-order valence-electron chi connectivity index (χ2n) is 4.37. The van der Waals surface area contributed by atoms with Crippen molar-refractivity contribution in [3.05, 3.63) is 57.5 Å². The molecule has 0 fully saturated rings. The highest BCUT2D eigenvalue weighted by Gasteiger charge is 2.17. The molecule has 2 aromatic rings. The van der Waals surface area contributed by atoms with Crippen molar-refractivity contribution >= 4 is 23.5 Å². The van der Waals surface area contributed by atoms with E-state index < -0.39 is 0 Å². The molecule has 98 valence electrons. The molecule has 1 aliphatic heterocycles. The first-order valence-corrected chi connectivity index (χ1v) is 8.33. The van der Waals surface area contributed by atoms with Crippen LogP contribution in [0, 0.1) is 0 Å². The van der Waals surface area contributed by atoms with Crippen molar-refractivity contribution in [3.8, 4) is 0 Å². The van der Waals surface area contributed by atoms with Crippen LogP contribution >= 0.6 is 23.5 Å². The molecule has 0 aliphatic carbocycles. The van der Waals surface area contributed by atoms with Gasteiger partial charge in [0, 0.05) is 22.8 Å². The number of rotatable bonds is 4. The monoisotopic (exact) mass is 290 g/mol. The van der Waals surface area contributed by atoms with E-state index in [9.17, 15) is 4.79 Å². The van der Waals surface area contributed by atoms with Gasteiger partial charge >= 0.3 is 0 Å². The van der Waals surface area contributed by atoms with Crippen molar-refractivity contribution in [2.45, 2.75) is 23.1 Å². The summed E-state index contributed by atoms with van der Waals surface area (Å²) in [4.78, 5) is 19.3. The van der Waals surface area contributed by atoms with Gasteiger partial charge in [-0.05, 0) is 12.0 Å². The zero-order valence-electron chi connectivity index (χ0n) is 10.4. The predicted molar refractivity (Wildman–Crippen MR) is 80.7 cm³/mol. The molecule has 0 bridgehead atoms. The molecule has 3 rings (SSSR count). The van der Waals surface area contributed by atoms with Gasteiger partial charge in [0.1, 0.15) is 0 Å². The van der Waals surface area contributed by atoms with Gasteiger partial charge in [0.05, 0.1) is 5.69 Å². The largest absolute Gasteiger partial charge is 0.301 e. The van der Waals surface area contributed by atoms with Crippen LogP contribution in [-0.4, -0.2) is 15.7 Å². The maximum absolute atomic E-state index is 11.8. The molecule has 1 aromatic carbocycles. The number of aryl methyl sites for hydroxylation is 1. The van der Waals surface area contributed by atoms with Crippen molar-refractivity contribution in [3.63, 3.8) is 0 Å². The number of nitrogens with zero attached hydrogens (tertiary/aromatic N) is 1. The van der Waals surface area contributed by atoms with E-state index in [1.807, 2.05) is 18.2 Å². The van der Waals surface area contributed by atoms with Crippen LogP contribution in [0.15, 0.2) is 40.3 Å². The quantitative estimate of drug-likeness (QED) is 0.695. The minimum Gasteiger partial charge on any atom is -0.301 e. The lowest BCUT2D eigenvalue weighted by Crippen LogP contribution is -2.15. The van der Waals surface area contributed by atoms with Crippen LogP contribution in [0.5, 0.6) is 0 Å². The Morgan fingerprint density at radius 3 is 2.95 bits per heavy atom. The first kappa shape index (κ1) is 12.8. The number of fused-ring (bicyclic) bond motifs is 1. The topological polar surface area (TPSA) is 45.8 Å². The summed E-state index contributed by atoms with van der Waals surface area (Å²) in [6.45, 7) is 0. The Balaban J connectivity index is 1.65. The Bertz CT molecular complexity index is 625. The zero-order valence-corrected chi connectivity index (χ0v) is 12.0. The van der Waals surface area contributed by atoms with Crippen molar-refractivity contribution in [1.82, 2.24) is 9.97 Å². The highest BCUT2D eigenvalue weighted by molar-refractivity contribution is 7.99. The normalized spacial score (nSPS) is 13.5. The molecule has 3 nitrogen and oxygen atoms in total. The van der Waals surface area contributed by atoms with E-state index in [2.05, 4.69) is 22.1 Å². The van der Waals surface area contributed by atoms with Gasteiger partial charge in [-0.3, -0.25) is 4.79 Å². The van der Waals surface area contributed by atoms with Crippen LogP contribution in [0.1, 0.15) is 16.8 Å². The number of thioether (sulfide) groups is 2. The molecule has 0 amide bonds. The standard InChI is InChI=1S/C14H14N2OS2/c17-13-11-8-18-9-12(11)15-14(16-13)19-7-6-10-4-2-1-3-5-10/h1-5H,6-9H2,(H,15,16,17). The first-order valence-electron chi connectivity index (χ1n) is 6.19. The second-order valence-corrected chi connectivity index (χ2v) is 6.44. The molecule has 1 aliphatic rings. The molecule has 1 aromatic heterocycles. The lowest BCUT2D eigenvalue weighted by atomic mass is 10.2. The maximum Gasteiger partial charge on any atom is 0.255 e. The minimum atomic E-state index is 0.0391. The average molecular weight is 290 g/mol. The number of nitrogens with one attached hydrogen (secondary N) is 1. The molecular weight excluding hydrogens is 276 g/mol. The van der Waals surface area contributed by atoms with Crippen molar-refractivity contribution in [2.24, 2.45) is 0 Å². The Hall–Kier alpha value is -1.20. The fraction of sp³-hybridized carbons (Fsp3) is 0.286. The van der Waals surface area contributed by atoms with Gasteiger partial charge in [-0.2, -0.15) is 11.8 Å². The lowest BCUT2D eigenvalue weighted by molar-refractivity contribution is 0.884. The number of hydrogen-bond acceptors (Lipinski definition) is 4. The van der Waals surface area contributed by atoms with Gasteiger partial charge in [0.25, 0.3) is 5.56 Å². The van der Waals surface area contributed by atoms with E-state index in [-0.39, 0.29) is 5.56 Å². The fourth-order valence-corrected chi connectivity index (χ4v) is 3.92. The van der Waals surface area contributed by atoms with Crippen LogP contribution in [0.3, 0.4) is 0 Å². The molecule has 0 spiro atoms. The summed E-state index contributed by atoms with van der Waals surface area (Å²) < 4.78 is 0. The summed E-state index contributed by atoms with van der Waals surface area (Å²) in [6, 6.07) is 10.4. The minimum absolute atomic E-state index is 0.0391. The predicted octanol–water partition coefficient (Wildman–Crippen LogP) is 2.85. The van der Waals surface area contributed by atoms with E-state index in [0.717, 1.165) is 40.1 Å². The van der Waals surface area contributed by atoms with Crippen molar-refractivity contribution in [2.75, 3.05) is 5.75 Å². The Kier molecular flexibility index (Phi) is 3.94. The molecule has 0 radical (unpaired) electrons. The maximum atomic E-state index is 11.8.